The molecular formula is C15H31NO. The summed E-state index contributed by atoms with van der Waals surface area (Å²) in [7, 11) is 0. The number of aliphatic hydroxyl groups is 1. The minimum Gasteiger partial charge on any atom is -0.396 e. The fourth-order valence-corrected chi connectivity index (χ4v) is 3.49. The topological polar surface area (TPSA) is 46.2 Å². The van der Waals surface area contributed by atoms with E-state index < -0.39 is 0 Å². The number of nitrogens with two attached hydrogens (primary N) is 1. The van der Waals surface area contributed by atoms with E-state index in [0.29, 0.717) is 11.3 Å². The molecule has 0 aromatic heterocycles. The summed E-state index contributed by atoms with van der Waals surface area (Å²) < 4.78 is 0. The first-order chi connectivity index (χ1) is 7.86. The average molecular weight is 241 g/mol. The molecule has 0 aromatic rings. The molecule has 0 bridgehead atoms. The third-order valence-electron chi connectivity index (χ3n) is 4.74. The van der Waals surface area contributed by atoms with E-state index >= 15 is 0 Å². The molecule has 0 amide bonds. The summed E-state index contributed by atoms with van der Waals surface area (Å²) in [5.74, 6) is 2.11. The molecule has 1 rings (SSSR count). The van der Waals surface area contributed by atoms with Gasteiger partial charge in [0.25, 0.3) is 0 Å². The molecule has 2 heteroatoms. The van der Waals surface area contributed by atoms with Crippen LogP contribution in [0.4, 0.5) is 0 Å². The molecule has 0 heterocycles. The Kier molecular flexibility index (Phi) is 5.46. The van der Waals surface area contributed by atoms with E-state index in [4.69, 9.17) is 10.8 Å². The Morgan fingerprint density at radius 2 is 1.71 bits per heavy atom. The van der Waals surface area contributed by atoms with Gasteiger partial charge in [0.1, 0.15) is 0 Å². The van der Waals surface area contributed by atoms with Gasteiger partial charge in [0.05, 0.1) is 0 Å². The Morgan fingerprint density at radius 1 is 1.18 bits per heavy atom. The minimum absolute atomic E-state index is 0.221. The maximum atomic E-state index is 9.14. The van der Waals surface area contributed by atoms with Crippen molar-refractivity contribution in [3.8, 4) is 0 Å². The molecule has 1 saturated carbocycles. The quantitative estimate of drug-likeness (QED) is 0.794. The zero-order valence-electron chi connectivity index (χ0n) is 12.1. The van der Waals surface area contributed by atoms with Gasteiger partial charge in [-0.15, -0.1) is 0 Å². The van der Waals surface area contributed by atoms with E-state index in [1.165, 1.54) is 25.7 Å². The minimum atomic E-state index is 0.221. The first kappa shape index (κ1) is 15.0. The first-order valence-corrected chi connectivity index (χ1v) is 7.22. The Hall–Kier alpha value is -0.0800. The summed E-state index contributed by atoms with van der Waals surface area (Å²) in [6, 6.07) is 0.221. The highest BCUT2D eigenvalue weighted by Gasteiger charge is 2.33. The molecule has 0 saturated heterocycles. The molecule has 1 aliphatic carbocycles. The van der Waals surface area contributed by atoms with Crippen molar-refractivity contribution < 1.29 is 5.11 Å². The molecule has 2 atom stereocenters. The van der Waals surface area contributed by atoms with Gasteiger partial charge in [-0.3, -0.25) is 0 Å². The van der Waals surface area contributed by atoms with Crippen LogP contribution in [0, 0.1) is 23.2 Å². The Morgan fingerprint density at radius 3 is 2.06 bits per heavy atom. The van der Waals surface area contributed by atoms with Crippen molar-refractivity contribution in [1.29, 1.82) is 0 Å². The monoisotopic (exact) mass is 241 g/mol. The van der Waals surface area contributed by atoms with Gasteiger partial charge in [-0.2, -0.15) is 0 Å². The number of hydrogen-bond acceptors (Lipinski definition) is 2. The van der Waals surface area contributed by atoms with Gasteiger partial charge in [0, 0.05) is 12.6 Å². The molecule has 0 spiro atoms. The molecule has 17 heavy (non-hydrogen) atoms. The van der Waals surface area contributed by atoms with Gasteiger partial charge in [-0.25, -0.2) is 0 Å². The van der Waals surface area contributed by atoms with Crippen molar-refractivity contribution in [2.75, 3.05) is 6.61 Å². The molecule has 3 N–H and O–H groups in total. The van der Waals surface area contributed by atoms with Gasteiger partial charge in [0.2, 0.25) is 0 Å². The standard InChI is InChI=1S/C15H31NO/c1-11(16)14(9-10-17)12-5-7-13(8-6-12)15(2,3)4/h11-14,17H,5-10,16H2,1-4H3. The second-order valence-corrected chi connectivity index (χ2v) is 7.01. The SMILES string of the molecule is CC(N)C(CCO)C1CCC(C(C)(C)C)CC1. The summed E-state index contributed by atoms with van der Waals surface area (Å²) in [5.41, 5.74) is 6.51. The molecule has 1 aliphatic rings. The molecule has 2 nitrogen and oxygen atoms in total. The molecule has 0 aliphatic heterocycles. The van der Waals surface area contributed by atoms with Crippen LogP contribution >= 0.6 is 0 Å². The number of aliphatic hydroxyl groups excluding tert-OH is 1. The molecule has 0 radical (unpaired) electrons. The van der Waals surface area contributed by atoms with Gasteiger partial charge in [-0.1, -0.05) is 20.8 Å². The molecule has 0 aromatic carbocycles. The molecule has 1 fully saturated rings. The number of hydrogen-bond donors (Lipinski definition) is 2. The van der Waals surface area contributed by atoms with Crippen LogP contribution in [-0.2, 0) is 0 Å². The van der Waals surface area contributed by atoms with Crippen molar-refractivity contribution in [2.45, 2.75) is 65.8 Å². The van der Waals surface area contributed by atoms with Gasteiger partial charge < -0.3 is 10.8 Å². The summed E-state index contributed by atoms with van der Waals surface area (Å²) in [6.45, 7) is 9.44. The average Bonchev–Trinajstić information content (AvgIpc) is 2.24. The summed E-state index contributed by atoms with van der Waals surface area (Å²) in [5, 5.41) is 9.14. The summed E-state index contributed by atoms with van der Waals surface area (Å²) in [4.78, 5) is 0. The van der Waals surface area contributed by atoms with E-state index in [0.717, 1.165) is 18.3 Å². The van der Waals surface area contributed by atoms with Crippen LogP contribution in [0.25, 0.3) is 0 Å². The highest BCUT2D eigenvalue weighted by atomic mass is 16.3. The van der Waals surface area contributed by atoms with Crippen LogP contribution in [0.1, 0.15) is 59.8 Å². The van der Waals surface area contributed by atoms with Crippen LogP contribution in [0.2, 0.25) is 0 Å². The lowest BCUT2D eigenvalue weighted by Crippen LogP contribution is -2.36. The van der Waals surface area contributed by atoms with E-state index in [-0.39, 0.29) is 12.6 Å². The second-order valence-electron chi connectivity index (χ2n) is 7.01. The third kappa shape index (κ3) is 4.26. The van der Waals surface area contributed by atoms with Crippen molar-refractivity contribution in [3.05, 3.63) is 0 Å². The van der Waals surface area contributed by atoms with E-state index in [9.17, 15) is 0 Å². The Bertz CT molecular complexity index is 211. The highest BCUT2D eigenvalue weighted by Crippen LogP contribution is 2.42. The fourth-order valence-electron chi connectivity index (χ4n) is 3.49. The summed E-state index contributed by atoms with van der Waals surface area (Å²) >= 11 is 0. The van der Waals surface area contributed by atoms with Crippen molar-refractivity contribution in [3.63, 3.8) is 0 Å². The highest BCUT2D eigenvalue weighted by molar-refractivity contribution is 4.85. The van der Waals surface area contributed by atoms with E-state index in [2.05, 4.69) is 27.7 Å². The maximum Gasteiger partial charge on any atom is 0.0434 e. The predicted octanol–water partition coefficient (Wildman–Crippen LogP) is 3.18. The summed E-state index contributed by atoms with van der Waals surface area (Å²) in [6.07, 6.45) is 6.15. The molecule has 2 unspecified atom stereocenters. The van der Waals surface area contributed by atoms with Crippen LogP contribution in [0.3, 0.4) is 0 Å². The third-order valence-corrected chi connectivity index (χ3v) is 4.74. The number of rotatable bonds is 4. The van der Waals surface area contributed by atoms with E-state index in [1.807, 2.05) is 0 Å². The van der Waals surface area contributed by atoms with Crippen LogP contribution < -0.4 is 5.73 Å². The van der Waals surface area contributed by atoms with Gasteiger partial charge in [-0.05, 0) is 62.2 Å². The smallest absolute Gasteiger partial charge is 0.0434 e. The molecule has 102 valence electrons. The van der Waals surface area contributed by atoms with Crippen LogP contribution in [0.15, 0.2) is 0 Å². The largest absolute Gasteiger partial charge is 0.396 e. The Labute approximate surface area is 107 Å². The maximum absolute atomic E-state index is 9.14. The first-order valence-electron chi connectivity index (χ1n) is 7.22. The zero-order valence-corrected chi connectivity index (χ0v) is 12.1. The lowest BCUT2D eigenvalue weighted by atomic mass is 9.66. The van der Waals surface area contributed by atoms with Crippen molar-refractivity contribution in [2.24, 2.45) is 28.9 Å². The van der Waals surface area contributed by atoms with Gasteiger partial charge >= 0.3 is 0 Å². The van der Waals surface area contributed by atoms with Crippen molar-refractivity contribution in [1.82, 2.24) is 0 Å². The Balaban J connectivity index is 2.50. The lowest BCUT2D eigenvalue weighted by Gasteiger charge is -2.40. The molecular weight excluding hydrogens is 210 g/mol. The lowest BCUT2D eigenvalue weighted by molar-refractivity contribution is 0.104. The second kappa shape index (κ2) is 6.19. The predicted molar refractivity (Wildman–Crippen MR) is 73.7 cm³/mol. The van der Waals surface area contributed by atoms with Gasteiger partial charge in [0.15, 0.2) is 0 Å². The van der Waals surface area contributed by atoms with Crippen LogP contribution in [0.5, 0.6) is 0 Å². The van der Waals surface area contributed by atoms with Crippen LogP contribution in [-0.4, -0.2) is 17.8 Å². The van der Waals surface area contributed by atoms with Crippen molar-refractivity contribution >= 4 is 0 Å². The van der Waals surface area contributed by atoms with E-state index in [1.54, 1.807) is 0 Å². The zero-order chi connectivity index (χ0) is 13.1. The normalized spacial score (nSPS) is 30.0. The fraction of sp³-hybridized carbons (Fsp3) is 1.00.